The summed E-state index contributed by atoms with van der Waals surface area (Å²) in [6.07, 6.45) is 0. The molecule has 0 bridgehead atoms. The second kappa shape index (κ2) is 3.47. The van der Waals surface area contributed by atoms with E-state index in [1.807, 2.05) is 30.3 Å². The summed E-state index contributed by atoms with van der Waals surface area (Å²) in [6, 6.07) is 9.19. The Labute approximate surface area is 87.6 Å². The minimum absolute atomic E-state index is 0.266. The summed E-state index contributed by atoms with van der Waals surface area (Å²) in [5, 5.41) is 13.3. The lowest BCUT2D eigenvalue weighted by Gasteiger charge is -2.24. The highest BCUT2D eigenvalue weighted by Gasteiger charge is 2.46. The Hall–Kier alpha value is -1.68. The SMILES string of the molecule is CC1=NNC(=O)C1(CO)c1ccccc1. The maximum absolute atomic E-state index is 11.8. The second-order valence-electron chi connectivity index (χ2n) is 3.57. The third-order valence-electron chi connectivity index (χ3n) is 2.83. The van der Waals surface area contributed by atoms with Gasteiger partial charge >= 0.3 is 0 Å². The van der Waals surface area contributed by atoms with E-state index in [1.54, 1.807) is 6.92 Å². The average molecular weight is 204 g/mol. The van der Waals surface area contributed by atoms with Crippen LogP contribution in [0.25, 0.3) is 0 Å². The number of amides is 1. The standard InChI is InChI=1S/C11H12N2O2/c1-8-11(7-14,10(15)13-12-8)9-5-3-2-4-6-9/h2-6,14H,7H2,1H3,(H,13,15). The minimum Gasteiger partial charge on any atom is -0.394 e. The quantitative estimate of drug-likeness (QED) is 0.733. The topological polar surface area (TPSA) is 61.7 Å². The van der Waals surface area contributed by atoms with Crippen molar-refractivity contribution < 1.29 is 9.90 Å². The summed E-state index contributed by atoms with van der Waals surface area (Å²) < 4.78 is 0. The maximum atomic E-state index is 11.8. The molecule has 1 aromatic rings. The number of rotatable bonds is 2. The van der Waals surface area contributed by atoms with E-state index in [2.05, 4.69) is 10.5 Å². The van der Waals surface area contributed by atoms with Crippen molar-refractivity contribution >= 4 is 11.6 Å². The first-order chi connectivity index (χ1) is 7.21. The number of nitrogens with zero attached hydrogens (tertiary/aromatic N) is 1. The van der Waals surface area contributed by atoms with Crippen LogP contribution in [0.1, 0.15) is 12.5 Å². The van der Waals surface area contributed by atoms with E-state index in [0.29, 0.717) is 5.71 Å². The molecule has 78 valence electrons. The van der Waals surface area contributed by atoms with Gasteiger partial charge < -0.3 is 5.11 Å². The number of aliphatic hydroxyl groups excluding tert-OH is 1. The van der Waals surface area contributed by atoms with E-state index in [-0.39, 0.29) is 12.5 Å². The molecule has 2 N–H and O–H groups in total. The van der Waals surface area contributed by atoms with E-state index in [9.17, 15) is 9.90 Å². The molecule has 0 saturated heterocycles. The molecule has 4 heteroatoms. The van der Waals surface area contributed by atoms with Gasteiger partial charge in [-0.1, -0.05) is 30.3 Å². The first-order valence-corrected chi connectivity index (χ1v) is 4.73. The summed E-state index contributed by atoms with van der Waals surface area (Å²) in [5.74, 6) is -0.270. The van der Waals surface area contributed by atoms with Crippen LogP contribution in [0.3, 0.4) is 0 Å². The number of hydrazone groups is 1. The van der Waals surface area contributed by atoms with Crippen molar-refractivity contribution in [2.75, 3.05) is 6.61 Å². The zero-order valence-electron chi connectivity index (χ0n) is 8.40. The summed E-state index contributed by atoms with van der Waals surface area (Å²) in [6.45, 7) is 1.47. The molecule has 0 spiro atoms. The predicted molar refractivity (Wildman–Crippen MR) is 56.5 cm³/mol. The Kier molecular flexibility index (Phi) is 2.28. The zero-order chi connectivity index (χ0) is 10.9. The van der Waals surface area contributed by atoms with E-state index < -0.39 is 5.41 Å². The number of aliphatic hydroxyl groups is 1. The van der Waals surface area contributed by atoms with Crippen molar-refractivity contribution in [2.45, 2.75) is 12.3 Å². The van der Waals surface area contributed by atoms with Gasteiger partial charge in [-0.15, -0.1) is 0 Å². The van der Waals surface area contributed by atoms with Gasteiger partial charge in [0.15, 0.2) is 0 Å². The van der Waals surface area contributed by atoms with Gasteiger partial charge in [-0.05, 0) is 12.5 Å². The number of hydrogen-bond donors (Lipinski definition) is 2. The van der Waals surface area contributed by atoms with Crippen LogP contribution < -0.4 is 5.43 Å². The molecule has 2 rings (SSSR count). The fourth-order valence-corrected chi connectivity index (χ4v) is 1.83. The highest BCUT2D eigenvalue weighted by molar-refractivity contribution is 6.16. The van der Waals surface area contributed by atoms with E-state index in [4.69, 9.17) is 0 Å². The molecule has 1 aliphatic rings. The van der Waals surface area contributed by atoms with Crippen molar-refractivity contribution in [3.8, 4) is 0 Å². The molecule has 15 heavy (non-hydrogen) atoms. The normalized spacial score (nSPS) is 24.9. The van der Waals surface area contributed by atoms with Crippen LogP contribution in [0.5, 0.6) is 0 Å². The fraction of sp³-hybridized carbons (Fsp3) is 0.273. The Bertz CT molecular complexity index is 414. The van der Waals surface area contributed by atoms with Gasteiger partial charge in [-0.2, -0.15) is 5.10 Å². The monoisotopic (exact) mass is 204 g/mol. The molecule has 0 aromatic heterocycles. The highest BCUT2D eigenvalue weighted by atomic mass is 16.3. The molecular weight excluding hydrogens is 192 g/mol. The van der Waals surface area contributed by atoms with Gasteiger partial charge in [-0.3, -0.25) is 4.79 Å². The molecular formula is C11H12N2O2. The van der Waals surface area contributed by atoms with Crippen molar-refractivity contribution in [2.24, 2.45) is 5.10 Å². The Morgan fingerprint density at radius 2 is 2.07 bits per heavy atom. The second-order valence-corrected chi connectivity index (χ2v) is 3.57. The van der Waals surface area contributed by atoms with Crippen LogP contribution in [-0.4, -0.2) is 23.3 Å². The lowest BCUT2D eigenvalue weighted by molar-refractivity contribution is -0.124. The molecule has 1 aliphatic heterocycles. The van der Waals surface area contributed by atoms with Crippen LogP contribution in [0, 0.1) is 0 Å². The summed E-state index contributed by atoms with van der Waals surface area (Å²) in [7, 11) is 0. The number of nitrogens with one attached hydrogen (secondary N) is 1. The van der Waals surface area contributed by atoms with Crippen LogP contribution >= 0.6 is 0 Å². The van der Waals surface area contributed by atoms with Gasteiger partial charge in [-0.25, -0.2) is 5.43 Å². The maximum Gasteiger partial charge on any atom is 0.258 e. The molecule has 1 aromatic carbocycles. The average Bonchev–Trinajstić information content (AvgIpc) is 2.57. The number of carbonyl (C=O) groups is 1. The molecule has 1 heterocycles. The fourth-order valence-electron chi connectivity index (χ4n) is 1.83. The molecule has 1 amide bonds. The molecule has 1 atom stereocenters. The van der Waals surface area contributed by atoms with E-state index in [0.717, 1.165) is 5.56 Å². The first kappa shape index (κ1) is 9.86. The van der Waals surface area contributed by atoms with Gasteiger partial charge in [0.2, 0.25) is 0 Å². The smallest absolute Gasteiger partial charge is 0.258 e. The number of carbonyl (C=O) groups excluding carboxylic acids is 1. The van der Waals surface area contributed by atoms with Gasteiger partial charge in [0, 0.05) is 0 Å². The van der Waals surface area contributed by atoms with E-state index >= 15 is 0 Å². The summed E-state index contributed by atoms with van der Waals surface area (Å²) in [5.41, 5.74) is 2.77. The van der Waals surface area contributed by atoms with Crippen LogP contribution in [0.15, 0.2) is 35.4 Å². The lowest BCUT2D eigenvalue weighted by Crippen LogP contribution is -2.45. The van der Waals surface area contributed by atoms with Gasteiger partial charge in [0.05, 0.1) is 12.3 Å². The van der Waals surface area contributed by atoms with Crippen molar-refractivity contribution in [1.82, 2.24) is 5.43 Å². The third-order valence-corrected chi connectivity index (χ3v) is 2.83. The molecule has 1 unspecified atom stereocenters. The molecule has 4 nitrogen and oxygen atoms in total. The van der Waals surface area contributed by atoms with Gasteiger partial charge in [0.1, 0.15) is 5.41 Å². The zero-order valence-corrected chi connectivity index (χ0v) is 8.40. The Balaban J connectivity index is 2.56. The minimum atomic E-state index is -0.999. The Morgan fingerprint density at radius 1 is 1.40 bits per heavy atom. The molecule has 0 saturated carbocycles. The van der Waals surface area contributed by atoms with E-state index in [1.165, 1.54) is 0 Å². The highest BCUT2D eigenvalue weighted by Crippen LogP contribution is 2.28. The molecule has 0 radical (unpaired) electrons. The predicted octanol–water partition coefficient (Wildman–Crippen LogP) is 0.422. The molecule has 0 fully saturated rings. The Morgan fingerprint density at radius 3 is 2.53 bits per heavy atom. The van der Waals surface area contributed by atoms with Crippen LogP contribution in [0.2, 0.25) is 0 Å². The largest absolute Gasteiger partial charge is 0.394 e. The van der Waals surface area contributed by atoms with Crippen molar-refractivity contribution in [1.29, 1.82) is 0 Å². The lowest BCUT2D eigenvalue weighted by atomic mass is 9.77. The van der Waals surface area contributed by atoms with Crippen LogP contribution in [0.4, 0.5) is 0 Å². The summed E-state index contributed by atoms with van der Waals surface area (Å²) in [4.78, 5) is 11.8. The van der Waals surface area contributed by atoms with Crippen molar-refractivity contribution in [3.05, 3.63) is 35.9 Å². The van der Waals surface area contributed by atoms with Gasteiger partial charge in [0.25, 0.3) is 5.91 Å². The number of benzene rings is 1. The third kappa shape index (κ3) is 1.26. The first-order valence-electron chi connectivity index (χ1n) is 4.73. The number of hydrogen-bond acceptors (Lipinski definition) is 3. The summed E-state index contributed by atoms with van der Waals surface area (Å²) >= 11 is 0. The molecule has 0 aliphatic carbocycles. The van der Waals surface area contributed by atoms with Crippen molar-refractivity contribution in [3.63, 3.8) is 0 Å². The van der Waals surface area contributed by atoms with Crippen LogP contribution in [-0.2, 0) is 10.2 Å².